The molecule has 3 aromatic carbocycles. The zero-order chi connectivity index (χ0) is 25.0. The summed E-state index contributed by atoms with van der Waals surface area (Å²) in [5.41, 5.74) is 4.72. The maximum atomic E-state index is 13.7. The minimum Gasteiger partial charge on any atom is -0.497 e. The van der Waals surface area contributed by atoms with Crippen molar-refractivity contribution in [3.05, 3.63) is 107 Å². The highest BCUT2D eigenvalue weighted by Crippen LogP contribution is 2.59. The number of anilines is 1. The fourth-order valence-electron chi connectivity index (χ4n) is 5.98. The molecule has 1 aliphatic heterocycles. The number of benzene rings is 3. The molecule has 2 aliphatic carbocycles. The van der Waals surface area contributed by atoms with Crippen molar-refractivity contribution in [2.45, 2.75) is 0 Å². The van der Waals surface area contributed by atoms with Gasteiger partial charge in [0.05, 0.1) is 31.7 Å². The molecule has 1 heterocycles. The highest BCUT2D eigenvalue weighted by atomic mass is 35.5. The minimum absolute atomic E-state index is 0.153. The van der Waals surface area contributed by atoms with Gasteiger partial charge in [0.15, 0.2) is 0 Å². The Kier molecular flexibility index (Phi) is 5.45. The van der Waals surface area contributed by atoms with Crippen LogP contribution in [0.5, 0.6) is 11.5 Å². The minimum atomic E-state index is -0.423. The van der Waals surface area contributed by atoms with E-state index in [0.29, 0.717) is 10.7 Å². The fraction of sp³-hybridized carbons (Fsp3) is 0.200. The number of carbonyl (C=O) groups excluding carboxylic acids is 2. The monoisotopic (exact) mass is 497 g/mol. The lowest BCUT2D eigenvalue weighted by atomic mass is 9.85. The Morgan fingerprint density at radius 3 is 1.69 bits per heavy atom. The quantitative estimate of drug-likeness (QED) is 0.331. The van der Waals surface area contributed by atoms with E-state index in [-0.39, 0.29) is 23.7 Å². The van der Waals surface area contributed by atoms with Crippen LogP contribution in [0.1, 0.15) is 11.1 Å². The van der Waals surface area contributed by atoms with E-state index < -0.39 is 11.8 Å². The molecule has 6 rings (SSSR count). The molecule has 0 N–H and O–H groups in total. The Hall–Kier alpha value is -3.83. The molecule has 5 nitrogen and oxygen atoms in total. The van der Waals surface area contributed by atoms with Crippen molar-refractivity contribution in [2.75, 3.05) is 19.1 Å². The maximum absolute atomic E-state index is 13.7. The summed E-state index contributed by atoms with van der Waals surface area (Å²) in [5, 5.41) is 0.494. The largest absolute Gasteiger partial charge is 0.497 e. The zero-order valence-corrected chi connectivity index (χ0v) is 20.6. The molecule has 3 aliphatic rings. The molecule has 180 valence electrons. The average molecular weight is 498 g/mol. The first-order valence-electron chi connectivity index (χ1n) is 11.9. The summed E-state index contributed by atoms with van der Waals surface area (Å²) in [6.45, 7) is 0. The Bertz CT molecular complexity index is 1340. The smallest absolute Gasteiger partial charge is 0.238 e. The Labute approximate surface area is 214 Å². The zero-order valence-electron chi connectivity index (χ0n) is 19.9. The summed E-state index contributed by atoms with van der Waals surface area (Å²) in [6, 6.07) is 22.8. The van der Waals surface area contributed by atoms with Crippen LogP contribution in [0.2, 0.25) is 5.02 Å². The number of fused-ring (bicyclic) bond motifs is 5. The first-order valence-corrected chi connectivity index (χ1v) is 12.2. The lowest BCUT2D eigenvalue weighted by molar-refractivity contribution is -0.122. The van der Waals surface area contributed by atoms with Crippen molar-refractivity contribution < 1.29 is 19.1 Å². The topological polar surface area (TPSA) is 55.8 Å². The van der Waals surface area contributed by atoms with Crippen molar-refractivity contribution in [2.24, 2.45) is 23.7 Å². The Morgan fingerprint density at radius 2 is 1.25 bits per heavy atom. The molecule has 1 saturated heterocycles. The molecule has 3 aromatic rings. The standard InChI is InChI=1S/C30H24ClNO4/c1-35-21-10-6-17(7-11-21)25(18-8-12-22(36-2)13-9-18)26-23-14-15-24(26)28-27(23)29(33)32(30(28)34)20-5-3-4-19(31)16-20/h3-16,23-24,27-28H,1-2H3. The van der Waals surface area contributed by atoms with E-state index >= 15 is 0 Å². The number of allylic oxidation sites excluding steroid dienone is 3. The number of rotatable bonds is 5. The molecule has 2 fully saturated rings. The molecule has 2 bridgehead atoms. The van der Waals surface area contributed by atoms with Gasteiger partial charge in [-0.15, -0.1) is 0 Å². The SMILES string of the molecule is COc1ccc(C(=C2C3C=CC2C2C(=O)N(c4cccc(Cl)c4)C(=O)C32)c2ccc(OC)cc2)cc1. The lowest BCUT2D eigenvalue weighted by Crippen LogP contribution is -2.33. The van der Waals surface area contributed by atoms with Gasteiger partial charge in [-0.05, 0) is 64.7 Å². The molecule has 2 amide bonds. The van der Waals surface area contributed by atoms with Gasteiger partial charge < -0.3 is 9.47 Å². The molecule has 0 radical (unpaired) electrons. The lowest BCUT2D eigenvalue weighted by Gasteiger charge is -2.22. The van der Waals surface area contributed by atoms with E-state index in [1.165, 1.54) is 4.90 Å². The first kappa shape index (κ1) is 22.6. The molecule has 4 unspecified atom stereocenters. The van der Waals surface area contributed by atoms with Crippen molar-refractivity contribution in [3.8, 4) is 11.5 Å². The average Bonchev–Trinajstić information content (AvgIpc) is 3.54. The van der Waals surface area contributed by atoms with Crippen LogP contribution in [-0.4, -0.2) is 26.0 Å². The second-order valence-electron chi connectivity index (χ2n) is 9.27. The van der Waals surface area contributed by atoms with Gasteiger partial charge >= 0.3 is 0 Å². The molecular formula is C30H24ClNO4. The molecular weight excluding hydrogens is 474 g/mol. The fourth-order valence-corrected chi connectivity index (χ4v) is 6.17. The van der Waals surface area contributed by atoms with Crippen LogP contribution >= 0.6 is 11.6 Å². The Balaban J connectivity index is 1.48. The van der Waals surface area contributed by atoms with E-state index in [1.54, 1.807) is 38.5 Å². The van der Waals surface area contributed by atoms with Gasteiger partial charge in [0.1, 0.15) is 11.5 Å². The molecule has 0 spiro atoms. The third-order valence-corrected chi connectivity index (χ3v) is 7.76. The van der Waals surface area contributed by atoms with Gasteiger partial charge in [0, 0.05) is 16.9 Å². The van der Waals surface area contributed by atoms with Crippen molar-refractivity contribution in [3.63, 3.8) is 0 Å². The van der Waals surface area contributed by atoms with Gasteiger partial charge in [-0.3, -0.25) is 9.59 Å². The van der Waals surface area contributed by atoms with Gasteiger partial charge in [0.25, 0.3) is 0 Å². The van der Waals surface area contributed by atoms with Crippen molar-refractivity contribution in [1.82, 2.24) is 0 Å². The normalized spacial score (nSPS) is 23.9. The van der Waals surface area contributed by atoms with Gasteiger partial charge in [-0.25, -0.2) is 4.90 Å². The maximum Gasteiger partial charge on any atom is 0.238 e. The predicted molar refractivity (Wildman–Crippen MR) is 139 cm³/mol. The third-order valence-electron chi connectivity index (χ3n) is 7.53. The summed E-state index contributed by atoms with van der Waals surface area (Å²) < 4.78 is 10.7. The van der Waals surface area contributed by atoms with Gasteiger partial charge in [-0.1, -0.05) is 54.1 Å². The second-order valence-corrected chi connectivity index (χ2v) is 9.70. The Morgan fingerprint density at radius 1 is 0.750 bits per heavy atom. The molecule has 4 atom stereocenters. The summed E-state index contributed by atoms with van der Waals surface area (Å²) in [5.74, 6) is 0.0611. The highest BCUT2D eigenvalue weighted by molar-refractivity contribution is 6.31. The molecule has 36 heavy (non-hydrogen) atoms. The predicted octanol–water partition coefficient (Wildman–Crippen LogP) is 5.78. The van der Waals surface area contributed by atoms with E-state index in [4.69, 9.17) is 21.1 Å². The van der Waals surface area contributed by atoms with Gasteiger partial charge in [0.2, 0.25) is 11.8 Å². The summed E-state index contributed by atoms with van der Waals surface area (Å²) >= 11 is 6.17. The summed E-state index contributed by atoms with van der Waals surface area (Å²) in [4.78, 5) is 28.7. The number of amides is 2. The number of hydrogen-bond acceptors (Lipinski definition) is 4. The van der Waals surface area contributed by atoms with E-state index in [2.05, 4.69) is 12.2 Å². The van der Waals surface area contributed by atoms with Crippen LogP contribution in [0.25, 0.3) is 5.57 Å². The van der Waals surface area contributed by atoms with E-state index in [1.807, 2.05) is 48.5 Å². The van der Waals surface area contributed by atoms with E-state index in [0.717, 1.165) is 33.8 Å². The van der Waals surface area contributed by atoms with Crippen LogP contribution in [0.4, 0.5) is 5.69 Å². The molecule has 0 aromatic heterocycles. The van der Waals surface area contributed by atoms with Crippen molar-refractivity contribution >= 4 is 34.7 Å². The van der Waals surface area contributed by atoms with Crippen LogP contribution in [-0.2, 0) is 9.59 Å². The highest BCUT2D eigenvalue weighted by Gasteiger charge is 2.62. The number of imide groups is 1. The van der Waals surface area contributed by atoms with E-state index in [9.17, 15) is 9.59 Å². The van der Waals surface area contributed by atoms with Crippen LogP contribution in [0.15, 0.2) is 90.5 Å². The summed E-state index contributed by atoms with van der Waals surface area (Å²) in [6.07, 6.45) is 4.20. The molecule has 1 saturated carbocycles. The number of ether oxygens (including phenoxy) is 2. The van der Waals surface area contributed by atoms with Crippen molar-refractivity contribution in [1.29, 1.82) is 0 Å². The summed E-state index contributed by atoms with van der Waals surface area (Å²) in [7, 11) is 3.28. The number of halogens is 1. The number of hydrogen-bond donors (Lipinski definition) is 0. The number of carbonyl (C=O) groups is 2. The number of nitrogens with zero attached hydrogens (tertiary/aromatic N) is 1. The molecule has 6 heteroatoms. The third kappa shape index (κ3) is 3.38. The van der Waals surface area contributed by atoms with Crippen LogP contribution in [0.3, 0.4) is 0 Å². The first-order chi connectivity index (χ1) is 17.5. The van der Waals surface area contributed by atoms with Gasteiger partial charge in [-0.2, -0.15) is 0 Å². The van der Waals surface area contributed by atoms with Crippen LogP contribution in [0, 0.1) is 23.7 Å². The second kappa shape index (κ2) is 8.68. The van der Waals surface area contributed by atoms with Crippen LogP contribution < -0.4 is 14.4 Å². The number of methoxy groups -OCH3 is 2.